The number of hydrogen-bond acceptors (Lipinski definition) is 5. The van der Waals surface area contributed by atoms with Crippen LogP contribution in [0, 0.1) is 0 Å². The molecule has 0 bridgehead atoms. The van der Waals surface area contributed by atoms with Gasteiger partial charge in [-0.3, -0.25) is 9.59 Å². The van der Waals surface area contributed by atoms with E-state index in [0.29, 0.717) is 28.3 Å². The largest absolute Gasteiger partial charge is 0.497 e. The second-order valence-electron chi connectivity index (χ2n) is 7.87. The summed E-state index contributed by atoms with van der Waals surface area (Å²) in [6.45, 7) is 3.66. The first-order chi connectivity index (χ1) is 15.1. The molecule has 4 rings (SSSR count). The van der Waals surface area contributed by atoms with E-state index in [1.807, 2.05) is 11.0 Å². The van der Waals surface area contributed by atoms with Gasteiger partial charge in [-0.2, -0.15) is 0 Å². The van der Waals surface area contributed by atoms with E-state index in [0.717, 1.165) is 44.5 Å². The molecule has 1 unspecified atom stereocenters. The Bertz CT molecular complexity index is 991. The number of nitrogens with zero attached hydrogens (tertiary/aromatic N) is 2. The predicted molar refractivity (Wildman–Crippen MR) is 120 cm³/mol. The van der Waals surface area contributed by atoms with Gasteiger partial charge in [0.15, 0.2) is 0 Å². The highest BCUT2D eigenvalue weighted by molar-refractivity contribution is 6.08. The lowest BCUT2D eigenvalue weighted by Gasteiger charge is -2.44. The third-order valence-electron chi connectivity index (χ3n) is 6.14. The molecule has 2 amide bonds. The first-order valence-corrected chi connectivity index (χ1v) is 10.8. The van der Waals surface area contributed by atoms with Gasteiger partial charge in [-0.05, 0) is 56.5 Å². The van der Waals surface area contributed by atoms with Gasteiger partial charge in [0.05, 0.1) is 31.2 Å². The fourth-order valence-corrected chi connectivity index (χ4v) is 4.55. The summed E-state index contributed by atoms with van der Waals surface area (Å²) >= 11 is 0. The molecule has 0 spiro atoms. The summed E-state index contributed by atoms with van der Waals surface area (Å²) in [5.74, 6) is 0.971. The van der Waals surface area contributed by atoms with Crippen LogP contribution in [-0.4, -0.2) is 50.2 Å². The summed E-state index contributed by atoms with van der Waals surface area (Å²) in [4.78, 5) is 30.5. The molecule has 0 saturated carbocycles. The molecule has 7 heteroatoms. The minimum absolute atomic E-state index is 0.0595. The number of carbonyl (C=O) groups is 2. The van der Waals surface area contributed by atoms with Crippen molar-refractivity contribution in [1.82, 2.24) is 4.90 Å². The molecule has 1 fully saturated rings. The van der Waals surface area contributed by atoms with Crippen molar-refractivity contribution < 1.29 is 19.1 Å². The third-order valence-corrected chi connectivity index (χ3v) is 6.14. The molecule has 1 atom stereocenters. The Hall–Kier alpha value is -3.22. The topological polar surface area (TPSA) is 71.1 Å². The molecule has 0 aromatic heterocycles. The lowest BCUT2D eigenvalue weighted by molar-refractivity contribution is 0.0656. The van der Waals surface area contributed by atoms with Crippen molar-refractivity contribution >= 4 is 23.2 Å². The zero-order valence-electron chi connectivity index (χ0n) is 18.3. The zero-order chi connectivity index (χ0) is 22.0. The van der Waals surface area contributed by atoms with Crippen LogP contribution in [0.4, 0.5) is 11.4 Å². The van der Waals surface area contributed by atoms with Gasteiger partial charge in [-0.15, -0.1) is 0 Å². The predicted octanol–water partition coefficient (Wildman–Crippen LogP) is 4.14. The summed E-state index contributed by atoms with van der Waals surface area (Å²) in [7, 11) is 3.13. The van der Waals surface area contributed by atoms with Crippen LogP contribution in [0.2, 0.25) is 0 Å². The fourth-order valence-electron chi connectivity index (χ4n) is 4.55. The molecule has 1 saturated heterocycles. The van der Waals surface area contributed by atoms with Crippen LogP contribution >= 0.6 is 0 Å². The van der Waals surface area contributed by atoms with Gasteiger partial charge in [0.25, 0.3) is 11.8 Å². The molecular formula is C24H29N3O4. The molecule has 164 valence electrons. The van der Waals surface area contributed by atoms with Gasteiger partial charge < -0.3 is 24.6 Å². The van der Waals surface area contributed by atoms with Crippen molar-refractivity contribution in [3.05, 3.63) is 47.5 Å². The van der Waals surface area contributed by atoms with Crippen molar-refractivity contribution in [2.45, 2.75) is 38.8 Å². The molecule has 2 aromatic carbocycles. The van der Waals surface area contributed by atoms with Crippen LogP contribution in [0.3, 0.4) is 0 Å². The van der Waals surface area contributed by atoms with E-state index in [2.05, 4.69) is 17.1 Å². The highest BCUT2D eigenvalue weighted by atomic mass is 16.5. The maximum atomic E-state index is 13.2. The van der Waals surface area contributed by atoms with Crippen LogP contribution in [0.1, 0.15) is 53.3 Å². The van der Waals surface area contributed by atoms with Gasteiger partial charge in [0.1, 0.15) is 17.7 Å². The van der Waals surface area contributed by atoms with Crippen molar-refractivity contribution in [2.24, 2.45) is 0 Å². The maximum absolute atomic E-state index is 13.2. The van der Waals surface area contributed by atoms with Crippen LogP contribution in [-0.2, 0) is 0 Å². The van der Waals surface area contributed by atoms with E-state index in [4.69, 9.17) is 9.47 Å². The average molecular weight is 424 g/mol. The molecule has 31 heavy (non-hydrogen) atoms. The number of hydrogen-bond donors (Lipinski definition) is 1. The number of nitrogens with one attached hydrogen (secondary N) is 1. The number of fused-ring (bicyclic) bond motifs is 2. The van der Waals surface area contributed by atoms with E-state index >= 15 is 0 Å². The van der Waals surface area contributed by atoms with Gasteiger partial charge in [0.2, 0.25) is 0 Å². The molecule has 2 heterocycles. The smallest absolute Gasteiger partial charge is 0.257 e. The Morgan fingerprint density at radius 1 is 1.10 bits per heavy atom. The first-order valence-electron chi connectivity index (χ1n) is 10.8. The van der Waals surface area contributed by atoms with Crippen molar-refractivity contribution in [3.8, 4) is 11.5 Å². The normalized spacial score (nSPS) is 18.0. The molecule has 0 aliphatic carbocycles. The average Bonchev–Trinajstić information content (AvgIpc) is 3.05. The van der Waals surface area contributed by atoms with Gasteiger partial charge in [-0.1, -0.05) is 6.42 Å². The van der Waals surface area contributed by atoms with E-state index in [-0.39, 0.29) is 18.0 Å². The lowest BCUT2D eigenvalue weighted by atomic mass is 10.0. The van der Waals surface area contributed by atoms with Crippen molar-refractivity contribution in [3.63, 3.8) is 0 Å². The molecule has 2 aliphatic rings. The summed E-state index contributed by atoms with van der Waals surface area (Å²) in [6, 6.07) is 10.6. The minimum Gasteiger partial charge on any atom is -0.497 e. The molecule has 1 N–H and O–H groups in total. The second-order valence-corrected chi connectivity index (χ2v) is 7.87. The van der Waals surface area contributed by atoms with Crippen LogP contribution in [0.25, 0.3) is 0 Å². The summed E-state index contributed by atoms with van der Waals surface area (Å²) < 4.78 is 10.6. The maximum Gasteiger partial charge on any atom is 0.257 e. The Morgan fingerprint density at radius 2 is 1.94 bits per heavy atom. The molecule has 0 radical (unpaired) electrons. The Balaban J connectivity index is 1.66. The number of rotatable bonds is 5. The first kappa shape index (κ1) is 21.0. The second kappa shape index (κ2) is 8.88. The van der Waals surface area contributed by atoms with E-state index in [1.165, 1.54) is 0 Å². The van der Waals surface area contributed by atoms with Crippen LogP contribution < -0.4 is 19.7 Å². The number of methoxy groups -OCH3 is 2. The fraction of sp³-hybridized carbons (Fsp3) is 0.417. The van der Waals surface area contributed by atoms with Gasteiger partial charge in [0, 0.05) is 24.7 Å². The third kappa shape index (κ3) is 3.92. The summed E-state index contributed by atoms with van der Waals surface area (Å²) in [5, 5.41) is 2.91. The Kier molecular flexibility index (Phi) is 6.02. The number of amides is 2. The van der Waals surface area contributed by atoms with Gasteiger partial charge >= 0.3 is 0 Å². The number of carbonyl (C=O) groups excluding carboxylic acids is 2. The van der Waals surface area contributed by atoms with Gasteiger partial charge in [-0.25, -0.2) is 0 Å². The monoisotopic (exact) mass is 423 g/mol. The van der Waals surface area contributed by atoms with E-state index < -0.39 is 0 Å². The summed E-state index contributed by atoms with van der Waals surface area (Å²) in [6.07, 6.45) is 4.30. The van der Waals surface area contributed by atoms with Crippen molar-refractivity contribution in [2.75, 3.05) is 37.5 Å². The quantitative estimate of drug-likeness (QED) is 0.783. The van der Waals surface area contributed by atoms with E-state index in [9.17, 15) is 9.59 Å². The molecular weight excluding hydrogens is 394 g/mol. The molecule has 7 nitrogen and oxygen atoms in total. The zero-order valence-corrected chi connectivity index (χ0v) is 18.3. The number of benzene rings is 2. The Morgan fingerprint density at radius 3 is 2.68 bits per heavy atom. The molecule has 2 aromatic rings. The van der Waals surface area contributed by atoms with Crippen LogP contribution in [0.5, 0.6) is 11.5 Å². The number of ether oxygens (including phenoxy) is 2. The highest BCUT2D eigenvalue weighted by Gasteiger charge is 2.37. The standard InChI is InChI=1S/C24H29N3O4/c1-4-26-20-14-16(23(28)25-19-15-17(30-2)10-12-21(19)31-3)9-11-18(20)24(29)27-13-7-5-6-8-22(26)27/h9-12,14-15,22H,4-8,13H2,1-3H3,(H,25,28). The Labute approximate surface area is 182 Å². The van der Waals surface area contributed by atoms with E-state index in [1.54, 1.807) is 44.6 Å². The minimum atomic E-state index is -0.263. The van der Waals surface area contributed by atoms with Crippen molar-refractivity contribution in [1.29, 1.82) is 0 Å². The lowest BCUT2D eigenvalue weighted by Crippen LogP contribution is -2.55. The highest BCUT2D eigenvalue weighted by Crippen LogP contribution is 2.36. The van der Waals surface area contributed by atoms with Crippen LogP contribution in [0.15, 0.2) is 36.4 Å². The number of anilines is 2. The molecule has 2 aliphatic heterocycles. The summed E-state index contributed by atoms with van der Waals surface area (Å²) in [5.41, 5.74) is 2.52. The SMILES string of the molecule is CCN1c2cc(C(=O)Nc3cc(OC)ccc3OC)ccc2C(=O)N2CCCCCC21.